The van der Waals surface area contributed by atoms with Crippen LogP contribution in [0.4, 0.5) is 0 Å². The minimum Gasteiger partial charge on any atom is -0.459 e. The summed E-state index contributed by atoms with van der Waals surface area (Å²) in [5, 5.41) is 0. The van der Waals surface area contributed by atoms with Gasteiger partial charge in [-0.3, -0.25) is 34.1 Å². The molecule has 0 spiro atoms. The van der Waals surface area contributed by atoms with Crippen molar-refractivity contribution in [1.29, 1.82) is 0 Å². The fraction of sp³-hybridized carbons (Fsp3) is 0.758. The number of ether oxygens (including phenoxy) is 3. The predicted octanol–water partition coefficient (Wildman–Crippen LogP) is 4.34. The zero-order chi connectivity index (χ0) is 32.0. The summed E-state index contributed by atoms with van der Waals surface area (Å²) in [5.41, 5.74) is -0.0967. The molecule has 2 aliphatic rings. The number of carbonyl (C=O) groups is 3. The van der Waals surface area contributed by atoms with Gasteiger partial charge in [-0.1, -0.05) is 18.9 Å². The van der Waals surface area contributed by atoms with Crippen molar-refractivity contribution >= 4 is 17.9 Å². The monoisotopic (exact) mass is 602 g/mol. The van der Waals surface area contributed by atoms with Crippen LogP contribution in [0.2, 0.25) is 0 Å². The molecule has 43 heavy (non-hydrogen) atoms. The van der Waals surface area contributed by atoms with E-state index in [1.807, 2.05) is 85.4 Å². The lowest BCUT2D eigenvalue weighted by Gasteiger charge is -2.45. The van der Waals surface area contributed by atoms with Crippen LogP contribution in [0, 0.1) is 0 Å². The van der Waals surface area contributed by atoms with E-state index in [2.05, 4.69) is 9.80 Å². The number of fused-ring (bicyclic) bond motifs is 3. The van der Waals surface area contributed by atoms with Gasteiger partial charge in [-0.2, -0.15) is 0 Å². The lowest BCUT2D eigenvalue weighted by molar-refractivity contribution is -0.161. The van der Waals surface area contributed by atoms with Gasteiger partial charge in [0.05, 0.1) is 31.0 Å². The molecule has 2 atom stereocenters. The quantitative estimate of drug-likeness (QED) is 0.345. The van der Waals surface area contributed by atoms with Crippen LogP contribution in [-0.2, 0) is 41.7 Å². The second kappa shape index (κ2) is 14.5. The van der Waals surface area contributed by atoms with Gasteiger partial charge in [0.2, 0.25) is 0 Å². The molecule has 0 amide bonds. The number of aromatic nitrogens is 1. The number of hydrogen-bond acceptors (Lipinski definition) is 10. The molecule has 1 aromatic heterocycles. The Labute approximate surface area is 258 Å². The highest BCUT2D eigenvalue weighted by molar-refractivity contribution is 5.73. The molecule has 0 unspecified atom stereocenters. The Morgan fingerprint density at radius 2 is 1.12 bits per heavy atom. The van der Waals surface area contributed by atoms with Crippen LogP contribution in [0.1, 0.15) is 99.4 Å². The van der Waals surface area contributed by atoms with E-state index in [9.17, 15) is 14.4 Å². The van der Waals surface area contributed by atoms with Crippen molar-refractivity contribution in [2.75, 3.05) is 32.7 Å². The summed E-state index contributed by atoms with van der Waals surface area (Å²) < 4.78 is 17.1. The Balaban J connectivity index is 1.99. The second-order valence-electron chi connectivity index (χ2n) is 14.9. The maximum atomic E-state index is 13.2. The number of nitrogens with zero attached hydrogens (tertiary/aromatic N) is 4. The molecule has 10 heteroatoms. The molecule has 2 heterocycles. The zero-order valence-electron chi connectivity index (χ0n) is 27.9. The summed E-state index contributed by atoms with van der Waals surface area (Å²) in [5.74, 6) is -0.857. The largest absolute Gasteiger partial charge is 0.459 e. The van der Waals surface area contributed by atoms with Crippen molar-refractivity contribution in [2.45, 2.75) is 130 Å². The summed E-state index contributed by atoms with van der Waals surface area (Å²) >= 11 is 0. The smallest absolute Gasteiger partial charge is 0.320 e. The lowest BCUT2D eigenvalue weighted by atomic mass is 9.87. The molecule has 1 aliphatic carbocycles. The van der Waals surface area contributed by atoms with Gasteiger partial charge in [0.1, 0.15) is 16.8 Å². The molecule has 10 nitrogen and oxygen atoms in total. The molecular weight excluding hydrogens is 548 g/mol. The first-order valence-corrected chi connectivity index (χ1v) is 15.7. The first-order chi connectivity index (χ1) is 19.9. The van der Waals surface area contributed by atoms with E-state index >= 15 is 0 Å². The first-order valence-electron chi connectivity index (χ1n) is 15.7. The van der Waals surface area contributed by atoms with Crippen LogP contribution in [-0.4, -0.2) is 99.2 Å². The normalized spacial score (nSPS) is 21.6. The maximum absolute atomic E-state index is 13.2. The van der Waals surface area contributed by atoms with Crippen LogP contribution in [0.15, 0.2) is 18.2 Å². The molecule has 242 valence electrons. The topological polar surface area (TPSA) is 102 Å². The third kappa shape index (κ3) is 12.5. The molecule has 0 saturated heterocycles. The average Bonchev–Trinajstić information content (AvgIpc) is 2.82. The molecule has 0 radical (unpaired) electrons. The molecule has 1 aromatic rings. The highest BCUT2D eigenvalue weighted by Crippen LogP contribution is 2.29. The van der Waals surface area contributed by atoms with E-state index in [0.29, 0.717) is 26.2 Å². The van der Waals surface area contributed by atoms with Crippen molar-refractivity contribution in [3.8, 4) is 0 Å². The fourth-order valence-corrected chi connectivity index (χ4v) is 5.86. The molecule has 0 aromatic carbocycles. The number of rotatable bonds is 6. The number of carbonyl (C=O) groups excluding carboxylic acids is 3. The Morgan fingerprint density at radius 1 is 0.674 bits per heavy atom. The third-order valence-electron chi connectivity index (χ3n) is 7.23. The van der Waals surface area contributed by atoms with Crippen LogP contribution >= 0.6 is 0 Å². The van der Waals surface area contributed by atoms with Gasteiger partial charge in [-0.15, -0.1) is 0 Å². The maximum Gasteiger partial charge on any atom is 0.320 e. The summed E-state index contributed by atoms with van der Waals surface area (Å²) in [7, 11) is 0. The van der Waals surface area contributed by atoms with Crippen molar-refractivity contribution < 1.29 is 28.6 Å². The van der Waals surface area contributed by atoms with Gasteiger partial charge >= 0.3 is 17.9 Å². The fourth-order valence-electron chi connectivity index (χ4n) is 5.86. The van der Waals surface area contributed by atoms with Crippen LogP contribution in [0.25, 0.3) is 0 Å². The highest BCUT2D eigenvalue weighted by atomic mass is 16.6. The minimum absolute atomic E-state index is 0.00731. The van der Waals surface area contributed by atoms with Gasteiger partial charge in [-0.05, 0) is 87.3 Å². The molecule has 1 fully saturated rings. The van der Waals surface area contributed by atoms with Gasteiger partial charge < -0.3 is 14.2 Å². The Kier molecular flexibility index (Phi) is 11.8. The van der Waals surface area contributed by atoms with Crippen molar-refractivity contribution in [3.05, 3.63) is 29.6 Å². The molecule has 1 saturated carbocycles. The Morgan fingerprint density at radius 3 is 1.63 bits per heavy atom. The molecule has 0 N–H and O–H groups in total. The van der Waals surface area contributed by atoms with Gasteiger partial charge in [0, 0.05) is 38.3 Å². The van der Waals surface area contributed by atoms with Crippen molar-refractivity contribution in [1.82, 2.24) is 19.7 Å². The molecule has 1 aliphatic heterocycles. The van der Waals surface area contributed by atoms with Gasteiger partial charge in [0.15, 0.2) is 0 Å². The van der Waals surface area contributed by atoms with Crippen molar-refractivity contribution in [2.24, 2.45) is 0 Å². The summed E-state index contributed by atoms with van der Waals surface area (Å²) in [6, 6.07) is 5.93. The zero-order valence-corrected chi connectivity index (χ0v) is 27.9. The minimum atomic E-state index is -0.602. The van der Waals surface area contributed by atoms with Crippen LogP contribution in [0.5, 0.6) is 0 Å². The third-order valence-corrected chi connectivity index (χ3v) is 7.23. The van der Waals surface area contributed by atoms with E-state index in [1.54, 1.807) is 0 Å². The highest BCUT2D eigenvalue weighted by Gasteiger charge is 2.37. The summed E-state index contributed by atoms with van der Waals surface area (Å²) in [6.07, 6.45) is 3.84. The number of hydrogen-bond donors (Lipinski definition) is 0. The second-order valence-corrected chi connectivity index (χ2v) is 14.9. The van der Waals surface area contributed by atoms with E-state index in [-0.39, 0.29) is 49.6 Å². The lowest BCUT2D eigenvalue weighted by Crippen LogP contribution is -2.57. The average molecular weight is 603 g/mol. The summed E-state index contributed by atoms with van der Waals surface area (Å²) in [4.78, 5) is 50.6. The van der Waals surface area contributed by atoms with E-state index in [1.165, 1.54) is 0 Å². The SMILES string of the molecule is CC(C)(C)OC(=O)CN1CCN(CC(=O)OC(C)(C)C)[C@@H]2CCCC[C@H]2N(CC(=O)OC(C)(C)C)Cc2cccc(n2)C1. The van der Waals surface area contributed by atoms with Crippen LogP contribution in [0.3, 0.4) is 0 Å². The first kappa shape index (κ1) is 34.9. The van der Waals surface area contributed by atoms with Crippen molar-refractivity contribution in [3.63, 3.8) is 0 Å². The molecular formula is C33H54N4O6. The number of pyridine rings is 1. The predicted molar refractivity (Wildman–Crippen MR) is 165 cm³/mol. The summed E-state index contributed by atoms with van der Waals surface area (Å²) in [6.45, 7) is 19.2. The van der Waals surface area contributed by atoms with Gasteiger partial charge in [-0.25, -0.2) is 0 Å². The Bertz CT molecular complexity index is 1100. The van der Waals surface area contributed by atoms with E-state index in [4.69, 9.17) is 19.2 Å². The standard InChI is InChI=1S/C33H54N4O6/c1-31(2,3)41-28(38)21-35-17-18-36(22-29(39)42-32(4,5)6)26-15-10-11-16-27(26)37(23-30(40)43-33(7,8)9)20-25-14-12-13-24(19-35)34-25/h12-14,26-27H,10-11,15-23H2,1-9H3/t26-,27-/m1/s1. The van der Waals surface area contributed by atoms with Gasteiger partial charge in [0.25, 0.3) is 0 Å². The van der Waals surface area contributed by atoms with Crippen LogP contribution < -0.4 is 0 Å². The molecule has 2 bridgehead atoms. The van der Waals surface area contributed by atoms with E-state index < -0.39 is 16.8 Å². The number of esters is 3. The Hall–Kier alpha value is -2.56. The van der Waals surface area contributed by atoms with E-state index in [0.717, 1.165) is 37.1 Å². The molecule has 3 rings (SSSR count).